The van der Waals surface area contributed by atoms with Crippen molar-refractivity contribution in [1.82, 2.24) is 15.6 Å². The van der Waals surface area contributed by atoms with E-state index in [0.717, 1.165) is 24.9 Å². The highest BCUT2D eigenvalue weighted by Gasteiger charge is 2.23. The number of hydrogen-bond donors (Lipinski definition) is 2. The van der Waals surface area contributed by atoms with Gasteiger partial charge >= 0.3 is 0 Å². The Kier molecular flexibility index (Phi) is 7.99. The molecule has 1 aliphatic heterocycles. The van der Waals surface area contributed by atoms with Crippen molar-refractivity contribution in [2.75, 3.05) is 6.54 Å². The van der Waals surface area contributed by atoms with Crippen LogP contribution in [0.15, 0.2) is 18.3 Å². The first-order valence-corrected chi connectivity index (χ1v) is 6.14. The zero-order valence-electron chi connectivity index (χ0n) is 11.2. The van der Waals surface area contributed by atoms with Gasteiger partial charge in [0.1, 0.15) is 5.69 Å². The fourth-order valence-electron chi connectivity index (χ4n) is 2.20. The van der Waals surface area contributed by atoms with E-state index in [-0.39, 0.29) is 36.8 Å². The maximum atomic E-state index is 12.1. The molecule has 0 aromatic carbocycles. The van der Waals surface area contributed by atoms with Gasteiger partial charge in [0.2, 0.25) is 0 Å². The van der Waals surface area contributed by atoms with Gasteiger partial charge in [0.25, 0.3) is 5.91 Å². The predicted octanol–water partition coefficient (Wildman–Crippen LogP) is 2.10. The molecule has 0 bridgehead atoms. The van der Waals surface area contributed by atoms with Crippen LogP contribution in [0.2, 0.25) is 0 Å². The summed E-state index contributed by atoms with van der Waals surface area (Å²) in [5.74, 6) is -0.0661. The lowest BCUT2D eigenvalue weighted by atomic mass is 9.99. The second-order valence-electron chi connectivity index (χ2n) is 4.63. The third-order valence-electron chi connectivity index (χ3n) is 3.30. The maximum Gasteiger partial charge on any atom is 0.270 e. The van der Waals surface area contributed by atoms with Crippen molar-refractivity contribution < 1.29 is 4.79 Å². The molecule has 0 radical (unpaired) electrons. The lowest BCUT2D eigenvalue weighted by molar-refractivity contribution is 0.0914. The number of hydrogen-bond acceptors (Lipinski definition) is 3. The minimum Gasteiger partial charge on any atom is -0.346 e. The zero-order chi connectivity index (χ0) is 12.3. The van der Waals surface area contributed by atoms with Gasteiger partial charge in [-0.1, -0.05) is 6.07 Å². The Bertz CT molecular complexity index is 415. The van der Waals surface area contributed by atoms with Gasteiger partial charge in [0.15, 0.2) is 0 Å². The summed E-state index contributed by atoms with van der Waals surface area (Å²) in [5, 5.41) is 6.43. The van der Waals surface area contributed by atoms with Crippen molar-refractivity contribution in [3.63, 3.8) is 0 Å². The first-order chi connectivity index (χ1) is 8.18. The topological polar surface area (TPSA) is 54.0 Å². The molecule has 19 heavy (non-hydrogen) atoms. The van der Waals surface area contributed by atoms with Gasteiger partial charge in [-0.15, -0.1) is 24.8 Å². The average Bonchev–Trinajstić information content (AvgIpc) is 2.32. The van der Waals surface area contributed by atoms with Gasteiger partial charge in [-0.25, -0.2) is 0 Å². The molecular formula is C13H21Cl2N3O. The van der Waals surface area contributed by atoms with Crippen molar-refractivity contribution in [2.45, 2.75) is 38.8 Å². The maximum absolute atomic E-state index is 12.1. The summed E-state index contributed by atoms with van der Waals surface area (Å²) in [4.78, 5) is 16.2. The highest BCUT2D eigenvalue weighted by atomic mass is 35.5. The SMILES string of the molecule is Cc1cccnc1C(=O)NC1CCCNC1C.Cl.Cl. The average molecular weight is 306 g/mol. The molecule has 2 rings (SSSR count). The molecule has 0 spiro atoms. The molecule has 6 heteroatoms. The molecule has 4 nitrogen and oxygen atoms in total. The van der Waals surface area contributed by atoms with E-state index < -0.39 is 0 Å². The quantitative estimate of drug-likeness (QED) is 0.880. The third kappa shape index (κ3) is 4.64. The molecule has 1 fully saturated rings. The Hall–Kier alpha value is -0.840. The molecule has 2 atom stereocenters. The van der Waals surface area contributed by atoms with Gasteiger partial charge in [-0.2, -0.15) is 0 Å². The fraction of sp³-hybridized carbons (Fsp3) is 0.538. The largest absolute Gasteiger partial charge is 0.346 e. The normalized spacial score (nSPS) is 21.8. The molecule has 1 aromatic heterocycles. The first kappa shape index (κ1) is 18.2. The molecule has 1 aliphatic rings. The Morgan fingerprint density at radius 1 is 1.47 bits per heavy atom. The Balaban J connectivity index is 0.00000162. The predicted molar refractivity (Wildman–Crippen MR) is 81.4 cm³/mol. The molecular weight excluding hydrogens is 285 g/mol. The Morgan fingerprint density at radius 3 is 2.84 bits per heavy atom. The molecule has 2 N–H and O–H groups in total. The fourth-order valence-corrected chi connectivity index (χ4v) is 2.20. The molecule has 1 saturated heterocycles. The van der Waals surface area contributed by atoms with E-state index in [9.17, 15) is 4.79 Å². The molecule has 2 unspecified atom stereocenters. The number of carbonyl (C=O) groups is 1. The molecule has 108 valence electrons. The zero-order valence-corrected chi connectivity index (χ0v) is 12.8. The van der Waals surface area contributed by atoms with Gasteiger partial charge in [0.05, 0.1) is 0 Å². The summed E-state index contributed by atoms with van der Waals surface area (Å²) >= 11 is 0. The third-order valence-corrected chi connectivity index (χ3v) is 3.30. The molecule has 0 aliphatic carbocycles. The van der Waals surface area contributed by atoms with Crippen LogP contribution in [-0.2, 0) is 0 Å². The number of rotatable bonds is 2. The van der Waals surface area contributed by atoms with E-state index in [0.29, 0.717) is 11.7 Å². The van der Waals surface area contributed by atoms with E-state index in [1.165, 1.54) is 0 Å². The highest BCUT2D eigenvalue weighted by molar-refractivity contribution is 5.93. The van der Waals surface area contributed by atoms with Gasteiger partial charge in [-0.3, -0.25) is 9.78 Å². The summed E-state index contributed by atoms with van der Waals surface area (Å²) in [6.45, 7) is 5.05. The van der Waals surface area contributed by atoms with Crippen molar-refractivity contribution >= 4 is 30.7 Å². The molecule has 0 saturated carbocycles. The molecule has 1 aromatic rings. The van der Waals surface area contributed by atoms with Gasteiger partial charge < -0.3 is 10.6 Å². The second-order valence-corrected chi connectivity index (χ2v) is 4.63. The van der Waals surface area contributed by atoms with Crippen molar-refractivity contribution in [3.05, 3.63) is 29.6 Å². The van der Waals surface area contributed by atoms with Crippen molar-refractivity contribution in [3.8, 4) is 0 Å². The van der Waals surface area contributed by atoms with Crippen LogP contribution < -0.4 is 10.6 Å². The number of amides is 1. The van der Waals surface area contributed by atoms with Crippen LogP contribution >= 0.6 is 24.8 Å². The van der Waals surface area contributed by atoms with E-state index >= 15 is 0 Å². The summed E-state index contributed by atoms with van der Waals surface area (Å²) in [7, 11) is 0. The number of piperidine rings is 1. The second kappa shape index (κ2) is 8.35. The van der Waals surface area contributed by atoms with E-state index in [4.69, 9.17) is 0 Å². The van der Waals surface area contributed by atoms with Crippen LogP contribution in [0.1, 0.15) is 35.8 Å². The van der Waals surface area contributed by atoms with Crippen LogP contribution in [0.25, 0.3) is 0 Å². The number of halogens is 2. The summed E-state index contributed by atoms with van der Waals surface area (Å²) < 4.78 is 0. The monoisotopic (exact) mass is 305 g/mol. The van der Waals surface area contributed by atoms with Gasteiger partial charge in [0, 0.05) is 18.3 Å². The summed E-state index contributed by atoms with van der Waals surface area (Å²) in [5.41, 5.74) is 1.45. The molecule has 2 heterocycles. The van der Waals surface area contributed by atoms with Crippen LogP contribution in [0.5, 0.6) is 0 Å². The number of pyridine rings is 1. The minimum atomic E-state index is -0.0661. The number of carbonyl (C=O) groups excluding carboxylic acids is 1. The highest BCUT2D eigenvalue weighted by Crippen LogP contribution is 2.10. The lowest BCUT2D eigenvalue weighted by Gasteiger charge is -2.30. The summed E-state index contributed by atoms with van der Waals surface area (Å²) in [6, 6.07) is 4.29. The van der Waals surface area contributed by atoms with E-state index in [1.54, 1.807) is 6.20 Å². The van der Waals surface area contributed by atoms with Crippen LogP contribution in [0.4, 0.5) is 0 Å². The standard InChI is InChI=1S/C13H19N3O.2ClH/c1-9-5-3-8-15-12(9)13(17)16-11-6-4-7-14-10(11)2;;/h3,5,8,10-11,14H,4,6-7H2,1-2H3,(H,16,17);2*1H. The van der Waals surface area contributed by atoms with E-state index in [2.05, 4.69) is 22.5 Å². The number of aryl methyl sites for hydroxylation is 1. The number of nitrogens with one attached hydrogen (secondary N) is 2. The first-order valence-electron chi connectivity index (χ1n) is 6.14. The van der Waals surface area contributed by atoms with Crippen molar-refractivity contribution in [1.29, 1.82) is 0 Å². The number of aromatic nitrogens is 1. The smallest absolute Gasteiger partial charge is 0.270 e. The van der Waals surface area contributed by atoms with Crippen LogP contribution in [0.3, 0.4) is 0 Å². The molecule has 1 amide bonds. The van der Waals surface area contributed by atoms with Gasteiger partial charge in [-0.05, 0) is 44.9 Å². The Labute approximate surface area is 126 Å². The summed E-state index contributed by atoms with van der Waals surface area (Å²) in [6.07, 6.45) is 3.80. The lowest BCUT2D eigenvalue weighted by Crippen LogP contribution is -2.52. The van der Waals surface area contributed by atoms with Crippen LogP contribution in [-0.4, -0.2) is 29.5 Å². The number of nitrogens with zero attached hydrogens (tertiary/aromatic N) is 1. The minimum absolute atomic E-state index is 0. The Morgan fingerprint density at radius 2 is 2.21 bits per heavy atom. The van der Waals surface area contributed by atoms with Crippen LogP contribution in [0, 0.1) is 6.92 Å². The van der Waals surface area contributed by atoms with E-state index in [1.807, 2.05) is 19.1 Å². The van der Waals surface area contributed by atoms with Crippen molar-refractivity contribution in [2.24, 2.45) is 0 Å².